The minimum absolute atomic E-state index is 0.131. The van der Waals surface area contributed by atoms with Crippen molar-refractivity contribution in [2.24, 2.45) is 0 Å². The number of rotatable bonds is 1. The number of fused-ring (bicyclic) bond motifs is 2. The van der Waals surface area contributed by atoms with E-state index < -0.39 is 0 Å². The van der Waals surface area contributed by atoms with Crippen LogP contribution in [-0.2, 0) is 0 Å². The molecule has 5 nitrogen and oxygen atoms in total. The highest BCUT2D eigenvalue weighted by Gasteiger charge is 2.12. The quantitative estimate of drug-likeness (QED) is 0.577. The number of hydrogen-bond acceptors (Lipinski definition) is 5. The molecule has 1 N–H and O–H groups in total. The van der Waals surface area contributed by atoms with E-state index in [-0.39, 0.29) is 5.75 Å². The van der Waals surface area contributed by atoms with E-state index in [0.29, 0.717) is 28.2 Å². The normalized spacial score (nSPS) is 11.3. The zero-order chi connectivity index (χ0) is 14.4. The number of aromatic nitrogens is 3. The molecule has 0 aliphatic heterocycles. The van der Waals surface area contributed by atoms with Crippen LogP contribution in [0.25, 0.3) is 33.4 Å². The van der Waals surface area contributed by atoms with Gasteiger partial charge in [0, 0.05) is 24.8 Å². The molecular weight excluding hydrogens is 266 g/mol. The highest BCUT2D eigenvalue weighted by Crippen LogP contribution is 2.33. The molecule has 3 aromatic heterocycles. The lowest BCUT2D eigenvalue weighted by molar-refractivity contribution is 0.477. The summed E-state index contributed by atoms with van der Waals surface area (Å²) in [5.41, 5.74) is 4.15. The van der Waals surface area contributed by atoms with Crippen molar-refractivity contribution in [3.05, 3.63) is 48.5 Å². The van der Waals surface area contributed by atoms with Crippen molar-refractivity contribution in [2.75, 3.05) is 0 Å². The zero-order valence-electron chi connectivity index (χ0n) is 11.2. The molecule has 0 atom stereocenters. The Hall–Kier alpha value is -2.95. The fourth-order valence-corrected chi connectivity index (χ4v) is 2.39. The van der Waals surface area contributed by atoms with Crippen LogP contribution in [0, 0.1) is 6.92 Å². The Morgan fingerprint density at radius 3 is 2.81 bits per heavy atom. The van der Waals surface area contributed by atoms with Gasteiger partial charge in [0.1, 0.15) is 11.3 Å². The molecule has 0 amide bonds. The van der Waals surface area contributed by atoms with E-state index in [9.17, 15) is 5.11 Å². The monoisotopic (exact) mass is 277 g/mol. The molecule has 0 aliphatic carbocycles. The number of aromatic hydroxyl groups is 1. The molecule has 0 bridgehead atoms. The minimum Gasteiger partial charge on any atom is -0.507 e. The van der Waals surface area contributed by atoms with Crippen LogP contribution >= 0.6 is 0 Å². The Morgan fingerprint density at radius 1 is 1.00 bits per heavy atom. The third kappa shape index (κ3) is 1.90. The van der Waals surface area contributed by atoms with E-state index >= 15 is 0 Å². The van der Waals surface area contributed by atoms with Crippen LogP contribution in [0.2, 0.25) is 0 Å². The topological polar surface area (TPSA) is 72.0 Å². The molecule has 0 saturated carbocycles. The van der Waals surface area contributed by atoms with Gasteiger partial charge in [-0.05, 0) is 30.3 Å². The van der Waals surface area contributed by atoms with Crippen LogP contribution in [0.3, 0.4) is 0 Å². The van der Waals surface area contributed by atoms with Gasteiger partial charge in [-0.2, -0.15) is 0 Å². The maximum absolute atomic E-state index is 10.2. The molecule has 3 heterocycles. The van der Waals surface area contributed by atoms with Gasteiger partial charge in [0.05, 0.1) is 16.7 Å². The number of hydrogen-bond donors (Lipinski definition) is 1. The van der Waals surface area contributed by atoms with Gasteiger partial charge in [-0.3, -0.25) is 4.98 Å². The second-order valence-electron chi connectivity index (χ2n) is 4.81. The summed E-state index contributed by atoms with van der Waals surface area (Å²) in [7, 11) is 0. The maximum Gasteiger partial charge on any atom is 0.192 e. The van der Waals surface area contributed by atoms with Crippen LogP contribution in [0.1, 0.15) is 5.89 Å². The molecule has 1 aromatic carbocycles. The fourth-order valence-electron chi connectivity index (χ4n) is 2.39. The van der Waals surface area contributed by atoms with Gasteiger partial charge in [0.25, 0.3) is 0 Å². The molecule has 4 rings (SSSR count). The molecule has 102 valence electrons. The standard InChI is InChI=1S/C16H11N3O2/c1-9-18-14-8-15(20)10(7-16(14)21-9)11-4-5-12-13(19-11)3-2-6-17-12/h2-8,20H,1H3. The van der Waals surface area contributed by atoms with Crippen molar-refractivity contribution >= 4 is 22.1 Å². The highest BCUT2D eigenvalue weighted by atomic mass is 16.3. The second-order valence-corrected chi connectivity index (χ2v) is 4.81. The molecule has 0 unspecified atom stereocenters. The Morgan fingerprint density at radius 2 is 1.90 bits per heavy atom. The van der Waals surface area contributed by atoms with Crippen molar-refractivity contribution in [1.82, 2.24) is 15.0 Å². The van der Waals surface area contributed by atoms with Crippen molar-refractivity contribution in [2.45, 2.75) is 6.92 Å². The van der Waals surface area contributed by atoms with E-state index in [0.717, 1.165) is 11.0 Å². The molecule has 0 fully saturated rings. The lowest BCUT2D eigenvalue weighted by Crippen LogP contribution is -1.87. The average molecular weight is 277 g/mol. The van der Waals surface area contributed by atoms with Crippen LogP contribution in [0.15, 0.2) is 47.0 Å². The summed E-state index contributed by atoms with van der Waals surface area (Å²) in [5.74, 6) is 0.698. The largest absolute Gasteiger partial charge is 0.507 e. The minimum atomic E-state index is 0.131. The summed E-state index contributed by atoms with van der Waals surface area (Å²) in [4.78, 5) is 13.0. The number of oxazole rings is 1. The summed E-state index contributed by atoms with van der Waals surface area (Å²) in [6.07, 6.45) is 1.73. The van der Waals surface area contributed by atoms with Crippen LogP contribution in [0.4, 0.5) is 0 Å². The Bertz CT molecular complexity index is 976. The summed E-state index contributed by atoms with van der Waals surface area (Å²) in [5, 5.41) is 10.2. The smallest absolute Gasteiger partial charge is 0.192 e. The molecule has 0 spiro atoms. The van der Waals surface area contributed by atoms with Crippen molar-refractivity contribution in [3.63, 3.8) is 0 Å². The fraction of sp³-hybridized carbons (Fsp3) is 0.0625. The van der Waals surface area contributed by atoms with Crippen molar-refractivity contribution in [3.8, 4) is 17.0 Å². The first-order chi connectivity index (χ1) is 10.2. The third-order valence-electron chi connectivity index (χ3n) is 3.34. The van der Waals surface area contributed by atoms with Gasteiger partial charge < -0.3 is 9.52 Å². The lowest BCUT2D eigenvalue weighted by Gasteiger charge is -2.05. The predicted molar refractivity (Wildman–Crippen MR) is 78.9 cm³/mol. The van der Waals surface area contributed by atoms with E-state index in [2.05, 4.69) is 15.0 Å². The highest BCUT2D eigenvalue weighted by molar-refractivity contribution is 5.85. The summed E-state index contributed by atoms with van der Waals surface area (Å²) >= 11 is 0. The number of phenols is 1. The van der Waals surface area contributed by atoms with Gasteiger partial charge in [-0.25, -0.2) is 9.97 Å². The molecule has 5 heteroatoms. The molecule has 0 aliphatic rings. The third-order valence-corrected chi connectivity index (χ3v) is 3.34. The number of phenolic OH excluding ortho intramolecular Hbond substituents is 1. The van der Waals surface area contributed by atoms with Crippen molar-refractivity contribution in [1.29, 1.82) is 0 Å². The van der Waals surface area contributed by atoms with E-state index in [4.69, 9.17) is 4.42 Å². The molecule has 0 radical (unpaired) electrons. The zero-order valence-corrected chi connectivity index (χ0v) is 11.2. The van der Waals surface area contributed by atoms with E-state index in [1.54, 1.807) is 25.3 Å². The van der Waals surface area contributed by atoms with E-state index in [1.807, 2.05) is 24.3 Å². The average Bonchev–Trinajstić information content (AvgIpc) is 2.85. The first kappa shape index (κ1) is 11.8. The second kappa shape index (κ2) is 4.28. The first-order valence-electron chi connectivity index (χ1n) is 6.53. The Labute approximate surface area is 119 Å². The van der Waals surface area contributed by atoms with Gasteiger partial charge >= 0.3 is 0 Å². The molecule has 4 aromatic rings. The molecular formula is C16H11N3O2. The predicted octanol–water partition coefficient (Wildman–Crippen LogP) is 3.45. The number of aryl methyl sites for hydroxylation is 1. The van der Waals surface area contributed by atoms with Crippen LogP contribution in [0.5, 0.6) is 5.75 Å². The van der Waals surface area contributed by atoms with Gasteiger partial charge in [-0.15, -0.1) is 0 Å². The summed E-state index contributed by atoms with van der Waals surface area (Å²) in [6.45, 7) is 1.77. The van der Waals surface area contributed by atoms with Gasteiger partial charge in [0.2, 0.25) is 0 Å². The maximum atomic E-state index is 10.2. The SMILES string of the molecule is Cc1nc2cc(O)c(-c3ccc4ncccc4n3)cc2o1. The lowest BCUT2D eigenvalue weighted by atomic mass is 10.1. The number of nitrogens with zero attached hydrogens (tertiary/aromatic N) is 3. The summed E-state index contributed by atoms with van der Waals surface area (Å²) in [6, 6.07) is 10.8. The number of pyridine rings is 2. The molecule has 21 heavy (non-hydrogen) atoms. The Kier molecular flexibility index (Phi) is 2.41. The first-order valence-corrected chi connectivity index (χ1v) is 6.53. The molecule has 0 saturated heterocycles. The van der Waals surface area contributed by atoms with Crippen LogP contribution < -0.4 is 0 Å². The summed E-state index contributed by atoms with van der Waals surface area (Å²) < 4.78 is 5.51. The van der Waals surface area contributed by atoms with Crippen LogP contribution in [-0.4, -0.2) is 20.1 Å². The van der Waals surface area contributed by atoms with E-state index in [1.165, 1.54) is 0 Å². The Balaban J connectivity index is 1.96. The van der Waals surface area contributed by atoms with Gasteiger partial charge in [0.15, 0.2) is 11.5 Å². The van der Waals surface area contributed by atoms with Crippen molar-refractivity contribution < 1.29 is 9.52 Å². The number of benzene rings is 1. The van der Waals surface area contributed by atoms with Gasteiger partial charge in [-0.1, -0.05) is 0 Å².